The second-order valence-electron chi connectivity index (χ2n) is 15.4. The summed E-state index contributed by atoms with van der Waals surface area (Å²) in [5.74, 6) is 0.608. The zero-order chi connectivity index (χ0) is 39.1. The summed E-state index contributed by atoms with van der Waals surface area (Å²) in [7, 11) is 2.71. The Kier molecular flexibility index (Phi) is 13.0. The van der Waals surface area contributed by atoms with E-state index in [-0.39, 0.29) is 35.7 Å². The number of rotatable bonds is 15. The molecule has 13 heteroatoms. The van der Waals surface area contributed by atoms with E-state index in [4.69, 9.17) is 19.6 Å². The molecule has 13 nitrogen and oxygen atoms in total. The van der Waals surface area contributed by atoms with Crippen molar-refractivity contribution in [3.05, 3.63) is 71.2 Å². The number of benzene rings is 2. The van der Waals surface area contributed by atoms with E-state index in [1.54, 1.807) is 0 Å². The van der Waals surface area contributed by atoms with E-state index < -0.39 is 18.2 Å². The third-order valence-electron chi connectivity index (χ3n) is 11.0. The van der Waals surface area contributed by atoms with Crippen LogP contribution in [0.15, 0.2) is 58.6 Å². The average molecular weight is 754 g/mol. The third-order valence-corrected chi connectivity index (χ3v) is 11.0. The van der Waals surface area contributed by atoms with Crippen molar-refractivity contribution in [2.45, 2.75) is 103 Å². The molecular weight excluding hydrogens is 699 g/mol. The van der Waals surface area contributed by atoms with Gasteiger partial charge in [0.2, 0.25) is 18.2 Å². The Hall–Kier alpha value is -5.04. The van der Waals surface area contributed by atoms with E-state index in [0.717, 1.165) is 79.8 Å². The lowest BCUT2D eigenvalue weighted by atomic mass is 9.98. The van der Waals surface area contributed by atoms with Crippen LogP contribution in [-0.2, 0) is 43.4 Å². The molecule has 0 spiro atoms. The number of H-pyrrole nitrogens is 1. The Morgan fingerprint density at radius 2 is 1.62 bits per heavy atom. The van der Waals surface area contributed by atoms with Crippen LogP contribution in [0.1, 0.15) is 88.4 Å². The molecule has 0 aliphatic carbocycles. The van der Waals surface area contributed by atoms with Crippen LogP contribution in [0.2, 0.25) is 0 Å². The maximum atomic E-state index is 13.6. The van der Waals surface area contributed by atoms with Gasteiger partial charge in [-0.2, -0.15) is 4.89 Å². The highest BCUT2D eigenvalue weighted by atomic mass is 17.2. The van der Waals surface area contributed by atoms with E-state index in [9.17, 15) is 14.4 Å². The van der Waals surface area contributed by atoms with Crippen molar-refractivity contribution in [3.63, 3.8) is 0 Å². The molecule has 1 unspecified atom stereocenters. The first-order chi connectivity index (χ1) is 26.6. The van der Waals surface area contributed by atoms with Crippen molar-refractivity contribution >= 4 is 35.7 Å². The van der Waals surface area contributed by atoms with Gasteiger partial charge in [0, 0.05) is 25.2 Å². The predicted octanol–water partition coefficient (Wildman–Crippen LogP) is 6.55. The minimum absolute atomic E-state index is 0.00329. The van der Waals surface area contributed by atoms with Crippen molar-refractivity contribution in [1.82, 2.24) is 25.1 Å². The zero-order valence-corrected chi connectivity index (χ0v) is 32.9. The van der Waals surface area contributed by atoms with Gasteiger partial charge in [-0.05, 0) is 85.1 Å². The Morgan fingerprint density at radius 3 is 2.31 bits per heavy atom. The van der Waals surface area contributed by atoms with Crippen molar-refractivity contribution in [2.24, 2.45) is 21.8 Å². The van der Waals surface area contributed by atoms with Gasteiger partial charge in [0.25, 0.3) is 0 Å². The third kappa shape index (κ3) is 9.26. The van der Waals surface area contributed by atoms with E-state index in [1.165, 1.54) is 37.3 Å². The molecule has 0 bridgehead atoms. The van der Waals surface area contributed by atoms with Crippen LogP contribution in [0.5, 0.6) is 0 Å². The lowest BCUT2D eigenvalue weighted by molar-refractivity contribution is -0.188. The number of nitrogens with one attached hydrogen (secondary N) is 2. The number of hydrogen-bond acceptors (Lipinski definition) is 9. The fourth-order valence-electron chi connectivity index (χ4n) is 7.99. The van der Waals surface area contributed by atoms with Crippen molar-refractivity contribution in [3.8, 4) is 11.3 Å². The zero-order valence-electron chi connectivity index (χ0n) is 32.9. The van der Waals surface area contributed by atoms with Gasteiger partial charge in [-0.25, -0.2) is 14.8 Å². The number of imidazole rings is 1. The SMILES string of the molecule is COOC=N[C@H](C(=O)N1CCCC1c1ncc(-c2ccc(CCCc3ccc4c(c3)N=C([C@@H]3CCCN3C(=O)[C@@H](NC(=O)OC)C(C)C)C4)cc2)[nH]1)C(C)C. The smallest absolute Gasteiger partial charge is 0.407 e. The first-order valence-electron chi connectivity index (χ1n) is 19.6. The summed E-state index contributed by atoms with van der Waals surface area (Å²) in [5.41, 5.74) is 7.71. The van der Waals surface area contributed by atoms with Gasteiger partial charge in [0.05, 0.1) is 43.9 Å². The molecule has 6 rings (SSSR count). The van der Waals surface area contributed by atoms with Crippen LogP contribution in [0.25, 0.3) is 11.3 Å². The van der Waals surface area contributed by atoms with E-state index >= 15 is 0 Å². The highest BCUT2D eigenvalue weighted by Gasteiger charge is 2.39. The van der Waals surface area contributed by atoms with Gasteiger partial charge in [-0.15, -0.1) is 0 Å². The maximum absolute atomic E-state index is 13.6. The normalized spacial score (nSPS) is 19.2. The Labute approximate surface area is 323 Å². The number of aromatic amines is 1. The Bertz CT molecular complexity index is 1870. The first-order valence-corrected chi connectivity index (χ1v) is 19.6. The molecule has 0 saturated carbocycles. The molecule has 2 N–H and O–H groups in total. The van der Waals surface area contributed by atoms with Crippen molar-refractivity contribution in [1.29, 1.82) is 0 Å². The van der Waals surface area contributed by atoms with Crippen LogP contribution in [-0.4, -0.2) is 95.2 Å². The number of hydrogen-bond donors (Lipinski definition) is 2. The fraction of sp³-hybridized carbons (Fsp3) is 0.524. The molecule has 3 amide bonds. The number of fused-ring (bicyclic) bond motifs is 1. The number of carbonyl (C=O) groups excluding carboxylic acids is 3. The Morgan fingerprint density at radius 1 is 0.927 bits per heavy atom. The summed E-state index contributed by atoms with van der Waals surface area (Å²) >= 11 is 0. The second-order valence-corrected chi connectivity index (χ2v) is 15.4. The number of carbonyl (C=O) groups is 3. The second kappa shape index (κ2) is 18.1. The van der Waals surface area contributed by atoms with Gasteiger partial charge in [0.15, 0.2) is 0 Å². The number of nitrogens with zero attached hydrogens (tertiary/aromatic N) is 5. The molecule has 0 radical (unpaired) electrons. The van der Waals surface area contributed by atoms with Gasteiger partial charge in [-0.3, -0.25) is 14.6 Å². The van der Waals surface area contributed by atoms with Crippen LogP contribution < -0.4 is 5.32 Å². The average Bonchev–Trinajstić information content (AvgIpc) is 4.01. The Balaban J connectivity index is 1.03. The molecule has 294 valence electrons. The molecule has 1 aromatic heterocycles. The van der Waals surface area contributed by atoms with Gasteiger partial charge in [0.1, 0.15) is 17.9 Å². The van der Waals surface area contributed by atoms with Gasteiger partial charge in [-0.1, -0.05) is 64.1 Å². The molecule has 3 aliphatic heterocycles. The summed E-state index contributed by atoms with van der Waals surface area (Å²) in [6.45, 7) is 9.12. The number of aliphatic imine (C=N–C) groups is 2. The number of aromatic nitrogens is 2. The fourth-order valence-corrected chi connectivity index (χ4v) is 7.99. The summed E-state index contributed by atoms with van der Waals surface area (Å²) in [4.78, 5) is 69.8. The summed E-state index contributed by atoms with van der Waals surface area (Å²) in [6.07, 6.45) is 9.60. The molecule has 4 atom stereocenters. The number of ether oxygens (including phenoxy) is 1. The monoisotopic (exact) mass is 753 g/mol. The number of alkyl carbamates (subject to hydrolysis) is 1. The number of amides is 3. The molecule has 3 aromatic rings. The number of methoxy groups -OCH3 is 1. The number of likely N-dealkylation sites (tertiary alicyclic amines) is 2. The van der Waals surface area contributed by atoms with E-state index in [0.29, 0.717) is 13.1 Å². The minimum Gasteiger partial charge on any atom is -0.453 e. The molecule has 4 heterocycles. The largest absolute Gasteiger partial charge is 0.453 e. The van der Waals surface area contributed by atoms with Crippen molar-refractivity contribution < 1.29 is 28.9 Å². The highest BCUT2D eigenvalue weighted by Crippen LogP contribution is 2.35. The van der Waals surface area contributed by atoms with E-state index in [1.807, 2.05) is 43.7 Å². The van der Waals surface area contributed by atoms with Crippen LogP contribution in [0, 0.1) is 11.8 Å². The quantitative estimate of drug-likeness (QED) is 0.0774. The molecule has 2 saturated heterocycles. The standard InChI is InChI=1S/C42H55N7O6/c1-26(2)37(44-25-55-54-6)40(50)49-21-9-13-36(49)39-43-24-34(46-39)30-17-14-28(15-18-30)10-7-11-29-16-19-31-23-33(45-32(31)22-29)35-12-8-20-48(35)41(51)38(27(3)4)47-42(52)53-5/h14-19,22,24-27,35-38H,7-13,20-21,23H2,1-6H3,(H,43,46)(H,47,52)/t35-,36?,37-,38-/m0/s1. The van der Waals surface area contributed by atoms with Crippen molar-refractivity contribution in [2.75, 3.05) is 27.3 Å². The van der Waals surface area contributed by atoms with Gasteiger partial charge >= 0.3 is 6.09 Å². The molecule has 2 fully saturated rings. The van der Waals surface area contributed by atoms with Gasteiger partial charge < -0.3 is 29.7 Å². The predicted molar refractivity (Wildman–Crippen MR) is 211 cm³/mol. The summed E-state index contributed by atoms with van der Waals surface area (Å²) in [5, 5.41) is 2.73. The highest BCUT2D eigenvalue weighted by molar-refractivity contribution is 6.01. The molecule has 55 heavy (non-hydrogen) atoms. The lowest BCUT2D eigenvalue weighted by Gasteiger charge is -2.30. The molecule has 2 aromatic carbocycles. The lowest BCUT2D eigenvalue weighted by Crippen LogP contribution is -2.53. The molecule has 3 aliphatic rings. The maximum Gasteiger partial charge on any atom is 0.407 e. The molecular formula is C42H55N7O6. The van der Waals surface area contributed by atoms with Crippen LogP contribution in [0.4, 0.5) is 10.5 Å². The first kappa shape index (κ1) is 39.6. The van der Waals surface area contributed by atoms with Crippen LogP contribution in [0.3, 0.4) is 0 Å². The number of aryl methyl sites for hydroxylation is 2. The minimum atomic E-state index is -0.641. The summed E-state index contributed by atoms with van der Waals surface area (Å²) in [6, 6.07) is 13.8. The van der Waals surface area contributed by atoms with Crippen LogP contribution >= 0.6 is 0 Å². The topological polar surface area (TPSA) is 151 Å². The van der Waals surface area contributed by atoms with E-state index in [2.05, 4.69) is 62.6 Å². The summed E-state index contributed by atoms with van der Waals surface area (Å²) < 4.78 is 4.78.